The Labute approximate surface area is 80.9 Å². The van der Waals surface area contributed by atoms with Gasteiger partial charge in [0, 0.05) is 22.8 Å². The SMILES string of the molecule is Cc1ccsc1C(O)c1cc[nH]c1. The maximum Gasteiger partial charge on any atom is 0.115 e. The van der Waals surface area contributed by atoms with E-state index in [0.29, 0.717) is 0 Å². The maximum atomic E-state index is 9.94. The van der Waals surface area contributed by atoms with E-state index in [-0.39, 0.29) is 0 Å². The number of hydrogen-bond donors (Lipinski definition) is 2. The molecule has 0 saturated heterocycles. The normalized spacial score (nSPS) is 13.1. The highest BCUT2D eigenvalue weighted by Crippen LogP contribution is 2.28. The first-order chi connectivity index (χ1) is 6.29. The first kappa shape index (κ1) is 8.53. The van der Waals surface area contributed by atoms with E-state index in [0.717, 1.165) is 16.0 Å². The predicted molar refractivity (Wildman–Crippen MR) is 53.9 cm³/mol. The molecule has 0 saturated carbocycles. The summed E-state index contributed by atoms with van der Waals surface area (Å²) in [6.07, 6.45) is 3.16. The molecule has 0 aliphatic carbocycles. The Morgan fingerprint density at radius 3 is 2.85 bits per heavy atom. The van der Waals surface area contributed by atoms with Crippen LogP contribution in [0.15, 0.2) is 29.9 Å². The molecule has 0 radical (unpaired) electrons. The molecule has 1 unspecified atom stereocenters. The number of aliphatic hydroxyl groups excluding tert-OH is 1. The van der Waals surface area contributed by atoms with Crippen molar-refractivity contribution in [1.82, 2.24) is 4.98 Å². The molecular formula is C10H11NOS. The van der Waals surface area contributed by atoms with Gasteiger partial charge in [-0.15, -0.1) is 11.3 Å². The Bertz CT molecular complexity index is 377. The van der Waals surface area contributed by atoms with Crippen LogP contribution in [0.4, 0.5) is 0 Å². The minimum absolute atomic E-state index is 0.480. The molecule has 0 aliphatic rings. The number of H-pyrrole nitrogens is 1. The molecule has 2 nitrogen and oxygen atoms in total. The molecule has 2 heterocycles. The molecule has 2 N–H and O–H groups in total. The highest BCUT2D eigenvalue weighted by atomic mass is 32.1. The van der Waals surface area contributed by atoms with Crippen molar-refractivity contribution in [2.75, 3.05) is 0 Å². The van der Waals surface area contributed by atoms with Crippen LogP contribution in [0.3, 0.4) is 0 Å². The van der Waals surface area contributed by atoms with Crippen molar-refractivity contribution >= 4 is 11.3 Å². The number of aryl methyl sites for hydroxylation is 1. The molecule has 2 aromatic rings. The van der Waals surface area contributed by atoms with Gasteiger partial charge >= 0.3 is 0 Å². The van der Waals surface area contributed by atoms with Gasteiger partial charge in [0.25, 0.3) is 0 Å². The molecule has 1 atom stereocenters. The van der Waals surface area contributed by atoms with E-state index in [2.05, 4.69) is 4.98 Å². The lowest BCUT2D eigenvalue weighted by Crippen LogP contribution is -1.96. The second kappa shape index (κ2) is 3.36. The fourth-order valence-corrected chi connectivity index (χ4v) is 2.26. The van der Waals surface area contributed by atoms with E-state index in [4.69, 9.17) is 0 Å². The number of nitrogens with one attached hydrogen (secondary N) is 1. The second-order valence-corrected chi connectivity index (χ2v) is 3.96. The minimum atomic E-state index is -0.480. The Hall–Kier alpha value is -1.06. The van der Waals surface area contributed by atoms with Crippen LogP contribution < -0.4 is 0 Å². The van der Waals surface area contributed by atoms with Crippen LogP contribution in [0, 0.1) is 6.92 Å². The number of thiophene rings is 1. The number of aliphatic hydroxyl groups is 1. The van der Waals surface area contributed by atoms with Gasteiger partial charge in [-0.05, 0) is 30.0 Å². The molecule has 0 amide bonds. The van der Waals surface area contributed by atoms with Gasteiger partial charge in [0.05, 0.1) is 0 Å². The van der Waals surface area contributed by atoms with Crippen LogP contribution >= 0.6 is 11.3 Å². The molecule has 68 valence electrons. The minimum Gasteiger partial charge on any atom is -0.383 e. The van der Waals surface area contributed by atoms with Gasteiger partial charge in [0.2, 0.25) is 0 Å². The first-order valence-electron chi connectivity index (χ1n) is 4.14. The van der Waals surface area contributed by atoms with Crippen molar-refractivity contribution in [2.45, 2.75) is 13.0 Å². The van der Waals surface area contributed by atoms with Gasteiger partial charge in [-0.25, -0.2) is 0 Å². The molecule has 0 fully saturated rings. The largest absolute Gasteiger partial charge is 0.383 e. The summed E-state index contributed by atoms with van der Waals surface area (Å²) in [7, 11) is 0. The molecule has 3 heteroatoms. The number of aromatic amines is 1. The van der Waals surface area contributed by atoms with Crippen molar-refractivity contribution in [3.8, 4) is 0 Å². The summed E-state index contributed by atoms with van der Waals surface area (Å²) in [5.74, 6) is 0. The topological polar surface area (TPSA) is 36.0 Å². The number of rotatable bonds is 2. The van der Waals surface area contributed by atoms with Crippen LogP contribution in [-0.4, -0.2) is 10.1 Å². The van der Waals surface area contributed by atoms with Crippen LogP contribution in [0.25, 0.3) is 0 Å². The Morgan fingerprint density at radius 1 is 1.46 bits per heavy atom. The van der Waals surface area contributed by atoms with Gasteiger partial charge in [-0.1, -0.05) is 0 Å². The zero-order valence-corrected chi connectivity index (χ0v) is 8.14. The smallest absolute Gasteiger partial charge is 0.115 e. The van der Waals surface area contributed by atoms with Crippen molar-refractivity contribution in [1.29, 1.82) is 0 Å². The fourth-order valence-electron chi connectivity index (χ4n) is 1.32. The van der Waals surface area contributed by atoms with Crippen molar-refractivity contribution in [3.05, 3.63) is 45.9 Å². The van der Waals surface area contributed by atoms with Crippen molar-refractivity contribution in [2.24, 2.45) is 0 Å². The molecule has 0 aliphatic heterocycles. The molecule has 13 heavy (non-hydrogen) atoms. The quantitative estimate of drug-likeness (QED) is 0.755. The van der Waals surface area contributed by atoms with E-state index in [9.17, 15) is 5.11 Å². The summed E-state index contributed by atoms with van der Waals surface area (Å²) in [6.45, 7) is 2.02. The van der Waals surface area contributed by atoms with Crippen molar-refractivity contribution < 1.29 is 5.11 Å². The zero-order valence-electron chi connectivity index (χ0n) is 7.32. The lowest BCUT2D eigenvalue weighted by Gasteiger charge is -2.07. The van der Waals surface area contributed by atoms with E-state index in [1.54, 1.807) is 11.3 Å². The summed E-state index contributed by atoms with van der Waals surface area (Å²) in [4.78, 5) is 3.96. The highest BCUT2D eigenvalue weighted by molar-refractivity contribution is 7.10. The third-order valence-electron chi connectivity index (χ3n) is 2.09. The lowest BCUT2D eigenvalue weighted by atomic mass is 10.1. The van der Waals surface area contributed by atoms with E-state index in [1.807, 2.05) is 36.8 Å². The van der Waals surface area contributed by atoms with Crippen LogP contribution in [0.1, 0.15) is 22.1 Å². The van der Waals surface area contributed by atoms with E-state index in [1.165, 1.54) is 0 Å². The Balaban J connectivity index is 2.33. The van der Waals surface area contributed by atoms with E-state index < -0.39 is 6.10 Å². The average molecular weight is 193 g/mol. The number of aromatic nitrogens is 1. The first-order valence-corrected chi connectivity index (χ1v) is 5.02. The van der Waals surface area contributed by atoms with Crippen LogP contribution in [-0.2, 0) is 0 Å². The third kappa shape index (κ3) is 1.53. The lowest BCUT2D eigenvalue weighted by molar-refractivity contribution is 0.223. The summed E-state index contributed by atoms with van der Waals surface area (Å²) >= 11 is 1.59. The summed E-state index contributed by atoms with van der Waals surface area (Å²) in [6, 6.07) is 3.92. The third-order valence-corrected chi connectivity index (χ3v) is 3.16. The molecule has 0 spiro atoms. The van der Waals surface area contributed by atoms with Crippen molar-refractivity contribution in [3.63, 3.8) is 0 Å². The fraction of sp³-hybridized carbons (Fsp3) is 0.200. The molecule has 0 bridgehead atoms. The van der Waals surface area contributed by atoms with E-state index >= 15 is 0 Å². The molecule has 0 aromatic carbocycles. The Morgan fingerprint density at radius 2 is 2.31 bits per heavy atom. The molecular weight excluding hydrogens is 182 g/mol. The summed E-state index contributed by atoms with van der Waals surface area (Å²) < 4.78 is 0. The summed E-state index contributed by atoms with van der Waals surface area (Å²) in [5.41, 5.74) is 2.07. The second-order valence-electron chi connectivity index (χ2n) is 3.01. The van der Waals surface area contributed by atoms with Gasteiger partial charge in [0.15, 0.2) is 0 Å². The molecule has 2 aromatic heterocycles. The zero-order chi connectivity index (χ0) is 9.26. The predicted octanol–water partition coefficient (Wildman–Crippen LogP) is 2.47. The number of hydrogen-bond acceptors (Lipinski definition) is 2. The van der Waals surface area contributed by atoms with Gasteiger partial charge in [-0.2, -0.15) is 0 Å². The molecule has 2 rings (SSSR count). The monoisotopic (exact) mass is 193 g/mol. The highest BCUT2D eigenvalue weighted by Gasteiger charge is 2.13. The van der Waals surface area contributed by atoms with Crippen LogP contribution in [0.5, 0.6) is 0 Å². The Kier molecular flexibility index (Phi) is 2.20. The van der Waals surface area contributed by atoms with Gasteiger partial charge in [0.1, 0.15) is 6.10 Å². The van der Waals surface area contributed by atoms with Gasteiger partial charge in [-0.3, -0.25) is 0 Å². The summed E-state index contributed by atoms with van der Waals surface area (Å²) in [5, 5.41) is 11.9. The van der Waals surface area contributed by atoms with Gasteiger partial charge < -0.3 is 10.1 Å². The average Bonchev–Trinajstić information content (AvgIpc) is 2.72. The van der Waals surface area contributed by atoms with Crippen LogP contribution in [0.2, 0.25) is 0 Å². The maximum absolute atomic E-state index is 9.94. The standard InChI is InChI=1S/C10H11NOS/c1-7-3-5-13-10(7)9(12)8-2-4-11-6-8/h2-6,9,11-12H,1H3.